The van der Waals surface area contributed by atoms with E-state index in [1.165, 1.54) is 29.8 Å². The minimum absolute atomic E-state index is 0.0584. The number of halogens is 3. The van der Waals surface area contributed by atoms with Crippen LogP contribution in [-0.2, 0) is 11.2 Å². The van der Waals surface area contributed by atoms with Crippen molar-refractivity contribution < 1.29 is 22.7 Å². The molecule has 3 aromatic rings. The summed E-state index contributed by atoms with van der Waals surface area (Å²) < 4.78 is 40.7. The number of likely N-dealkylation sites (tertiary alicyclic amines) is 1. The van der Waals surface area contributed by atoms with Crippen LogP contribution in [0.4, 0.5) is 19.0 Å². The molecule has 2 aromatic carbocycles. The maximum absolute atomic E-state index is 12.7. The van der Waals surface area contributed by atoms with Crippen molar-refractivity contribution in [3.63, 3.8) is 0 Å². The van der Waals surface area contributed by atoms with Crippen molar-refractivity contribution in [2.75, 3.05) is 18.4 Å². The van der Waals surface area contributed by atoms with Crippen molar-refractivity contribution in [1.82, 2.24) is 9.88 Å². The fourth-order valence-corrected chi connectivity index (χ4v) is 3.99. The van der Waals surface area contributed by atoms with Crippen molar-refractivity contribution in [2.45, 2.75) is 39.1 Å². The summed E-state index contributed by atoms with van der Waals surface area (Å²) in [6.45, 7) is 5.29. The number of nitrogens with one attached hydrogen (secondary N) is 1. The average Bonchev–Trinajstić information content (AvgIpc) is 3.18. The number of carbonyl (C=O) groups excluding carboxylic acids is 1. The van der Waals surface area contributed by atoms with E-state index in [-0.39, 0.29) is 24.1 Å². The number of benzene rings is 2. The van der Waals surface area contributed by atoms with Gasteiger partial charge in [0.15, 0.2) is 0 Å². The molecule has 168 valence electrons. The highest BCUT2D eigenvalue weighted by Gasteiger charge is 2.31. The summed E-state index contributed by atoms with van der Waals surface area (Å²) >= 11 is 0. The van der Waals surface area contributed by atoms with Gasteiger partial charge in [0, 0.05) is 24.5 Å². The second-order valence-electron chi connectivity index (χ2n) is 8.18. The van der Waals surface area contributed by atoms with Gasteiger partial charge in [-0.05, 0) is 61.7 Å². The minimum atomic E-state index is -4.73. The van der Waals surface area contributed by atoms with Crippen LogP contribution in [0, 0.1) is 13.8 Å². The zero-order valence-corrected chi connectivity index (χ0v) is 17.9. The maximum atomic E-state index is 12.7. The van der Waals surface area contributed by atoms with E-state index in [0.717, 1.165) is 28.7 Å². The minimum Gasteiger partial charge on any atom is -0.406 e. The summed E-state index contributed by atoms with van der Waals surface area (Å²) in [4.78, 5) is 19.1. The lowest BCUT2D eigenvalue weighted by atomic mass is 10.1. The number of hydrogen-bond acceptors (Lipinski definition) is 4. The Bertz CT molecular complexity index is 1130. The number of fused-ring (bicyclic) bond motifs is 1. The first kappa shape index (κ1) is 21.9. The van der Waals surface area contributed by atoms with Gasteiger partial charge in [-0.15, -0.1) is 13.2 Å². The van der Waals surface area contributed by atoms with Gasteiger partial charge < -0.3 is 15.0 Å². The molecular weight excluding hydrogens is 419 g/mol. The van der Waals surface area contributed by atoms with Crippen molar-refractivity contribution in [1.29, 1.82) is 0 Å². The molecule has 1 amide bonds. The molecule has 1 fully saturated rings. The topological polar surface area (TPSA) is 54.5 Å². The third kappa shape index (κ3) is 5.30. The van der Waals surface area contributed by atoms with Crippen LogP contribution in [0.1, 0.15) is 23.1 Å². The number of aromatic nitrogens is 1. The van der Waals surface area contributed by atoms with Crippen molar-refractivity contribution in [3.05, 3.63) is 65.2 Å². The van der Waals surface area contributed by atoms with Gasteiger partial charge in [-0.25, -0.2) is 4.98 Å². The third-order valence-electron chi connectivity index (χ3n) is 5.58. The first-order valence-electron chi connectivity index (χ1n) is 10.4. The molecule has 2 heterocycles. The maximum Gasteiger partial charge on any atom is 0.573 e. The summed E-state index contributed by atoms with van der Waals surface area (Å²) in [5.41, 5.74) is 3.91. The van der Waals surface area contributed by atoms with Crippen LogP contribution >= 0.6 is 0 Å². The summed E-state index contributed by atoms with van der Waals surface area (Å²) in [5, 5.41) is 4.57. The summed E-state index contributed by atoms with van der Waals surface area (Å²) in [6, 6.07) is 13.7. The average molecular weight is 443 g/mol. The number of amides is 1. The smallest absolute Gasteiger partial charge is 0.406 e. The van der Waals surface area contributed by atoms with Gasteiger partial charge in [-0.3, -0.25) is 4.79 Å². The Balaban J connectivity index is 1.35. The SMILES string of the molecule is Cc1ccc2nc(NC3CCN(C(=O)Cc4ccc(OC(F)(F)F)cc4)C3)cc(C)c2c1. The molecule has 4 rings (SSSR count). The normalized spacial score (nSPS) is 16.4. The lowest BCUT2D eigenvalue weighted by Gasteiger charge is -2.18. The highest BCUT2D eigenvalue weighted by molar-refractivity contribution is 5.84. The Morgan fingerprint density at radius 2 is 1.91 bits per heavy atom. The number of rotatable bonds is 5. The Hall–Kier alpha value is -3.29. The van der Waals surface area contributed by atoms with Crippen LogP contribution in [0.15, 0.2) is 48.5 Å². The van der Waals surface area contributed by atoms with Gasteiger partial charge in [0.25, 0.3) is 0 Å². The number of aryl methyl sites for hydroxylation is 2. The monoisotopic (exact) mass is 443 g/mol. The van der Waals surface area contributed by atoms with E-state index >= 15 is 0 Å². The molecule has 0 bridgehead atoms. The fraction of sp³-hybridized carbons (Fsp3) is 0.333. The summed E-state index contributed by atoms with van der Waals surface area (Å²) in [6.07, 6.45) is -3.80. The van der Waals surface area contributed by atoms with Gasteiger partial charge in [0.05, 0.1) is 11.9 Å². The molecule has 32 heavy (non-hydrogen) atoms. The molecule has 1 unspecified atom stereocenters. The third-order valence-corrected chi connectivity index (χ3v) is 5.58. The molecule has 1 N–H and O–H groups in total. The highest BCUT2D eigenvalue weighted by Crippen LogP contribution is 2.25. The molecule has 1 saturated heterocycles. The standard InChI is InChI=1S/C24H24F3N3O2/c1-15-3-8-21-20(11-15)16(2)12-22(29-21)28-18-9-10-30(14-18)23(31)13-17-4-6-19(7-5-17)32-24(25,26)27/h3-8,11-12,18H,9-10,13-14H2,1-2H3,(H,28,29). The van der Waals surface area contributed by atoms with E-state index in [4.69, 9.17) is 4.98 Å². The van der Waals surface area contributed by atoms with Crippen molar-refractivity contribution in [2.24, 2.45) is 0 Å². The number of pyridine rings is 1. The molecule has 1 aliphatic heterocycles. The Morgan fingerprint density at radius 1 is 1.16 bits per heavy atom. The number of anilines is 1. The van der Waals surface area contributed by atoms with E-state index in [1.807, 2.05) is 18.2 Å². The number of hydrogen-bond donors (Lipinski definition) is 1. The molecule has 0 saturated carbocycles. The second kappa shape index (κ2) is 8.68. The fourth-order valence-electron chi connectivity index (χ4n) is 3.99. The number of alkyl halides is 3. The van der Waals surface area contributed by atoms with E-state index < -0.39 is 6.36 Å². The molecule has 8 heteroatoms. The van der Waals surface area contributed by atoms with Gasteiger partial charge in [-0.2, -0.15) is 0 Å². The van der Waals surface area contributed by atoms with Crippen LogP contribution in [0.3, 0.4) is 0 Å². The zero-order valence-electron chi connectivity index (χ0n) is 17.9. The van der Waals surface area contributed by atoms with Gasteiger partial charge in [0.2, 0.25) is 5.91 Å². The molecule has 1 aromatic heterocycles. The van der Waals surface area contributed by atoms with Crippen LogP contribution in [0.5, 0.6) is 5.75 Å². The van der Waals surface area contributed by atoms with Crippen molar-refractivity contribution in [3.8, 4) is 5.75 Å². The molecule has 0 radical (unpaired) electrons. The number of carbonyl (C=O) groups is 1. The van der Waals surface area contributed by atoms with E-state index in [0.29, 0.717) is 18.7 Å². The molecule has 1 aliphatic rings. The first-order chi connectivity index (χ1) is 15.2. The number of ether oxygens (including phenoxy) is 1. The predicted molar refractivity (Wildman–Crippen MR) is 117 cm³/mol. The zero-order chi connectivity index (χ0) is 22.9. The van der Waals surface area contributed by atoms with Gasteiger partial charge >= 0.3 is 6.36 Å². The van der Waals surface area contributed by atoms with Gasteiger partial charge in [-0.1, -0.05) is 23.8 Å². The lowest BCUT2D eigenvalue weighted by molar-refractivity contribution is -0.274. The molecular formula is C24H24F3N3O2. The summed E-state index contributed by atoms with van der Waals surface area (Å²) in [5.74, 6) is 0.433. The molecule has 5 nitrogen and oxygen atoms in total. The number of nitrogens with zero attached hydrogens (tertiary/aromatic N) is 2. The summed E-state index contributed by atoms with van der Waals surface area (Å²) in [7, 11) is 0. The molecule has 0 aliphatic carbocycles. The lowest BCUT2D eigenvalue weighted by Crippen LogP contribution is -2.32. The first-order valence-corrected chi connectivity index (χ1v) is 10.4. The molecule has 0 spiro atoms. The van der Waals surface area contributed by atoms with Crippen LogP contribution in [0.25, 0.3) is 10.9 Å². The Morgan fingerprint density at radius 3 is 2.62 bits per heavy atom. The van der Waals surface area contributed by atoms with Gasteiger partial charge in [0.1, 0.15) is 11.6 Å². The largest absolute Gasteiger partial charge is 0.573 e. The van der Waals surface area contributed by atoms with Crippen LogP contribution in [-0.4, -0.2) is 41.3 Å². The predicted octanol–water partition coefficient (Wildman–Crippen LogP) is 5.01. The Kier molecular flexibility index (Phi) is 5.95. The van der Waals surface area contributed by atoms with Crippen molar-refractivity contribution >= 4 is 22.6 Å². The quantitative estimate of drug-likeness (QED) is 0.603. The van der Waals surface area contributed by atoms with E-state index in [1.54, 1.807) is 4.90 Å². The van der Waals surface area contributed by atoms with Crippen LogP contribution in [0.2, 0.25) is 0 Å². The molecule has 1 atom stereocenters. The van der Waals surface area contributed by atoms with E-state index in [2.05, 4.69) is 30.0 Å². The second-order valence-corrected chi connectivity index (χ2v) is 8.18. The Labute approximate surface area is 184 Å². The highest BCUT2D eigenvalue weighted by atomic mass is 19.4. The van der Waals surface area contributed by atoms with Crippen LogP contribution < -0.4 is 10.1 Å². The van der Waals surface area contributed by atoms with E-state index in [9.17, 15) is 18.0 Å².